The van der Waals surface area contributed by atoms with Crippen LogP contribution in [-0.2, 0) is 29.5 Å². The summed E-state index contributed by atoms with van der Waals surface area (Å²) in [6.45, 7) is 6.02. The van der Waals surface area contributed by atoms with Gasteiger partial charge in [0.2, 0.25) is 5.91 Å². The molecule has 1 unspecified atom stereocenters. The van der Waals surface area contributed by atoms with E-state index >= 15 is 0 Å². The third-order valence-electron chi connectivity index (χ3n) is 4.72. The Labute approximate surface area is 154 Å². The van der Waals surface area contributed by atoms with Gasteiger partial charge in [0, 0.05) is 25.7 Å². The molecule has 1 heterocycles. The Bertz CT molecular complexity index is 796. The molecule has 2 rings (SSSR count). The molecule has 0 aliphatic carbocycles. The maximum absolute atomic E-state index is 12.1. The molecule has 1 aromatic heterocycles. The lowest BCUT2D eigenvalue weighted by molar-refractivity contribution is -0.141. The Balaban J connectivity index is 1.88. The highest BCUT2D eigenvalue weighted by atomic mass is 16.4. The Kier molecular flexibility index (Phi) is 6.55. The largest absolute Gasteiger partial charge is 0.481 e. The molecule has 6 nitrogen and oxygen atoms in total. The van der Waals surface area contributed by atoms with Crippen molar-refractivity contribution >= 4 is 11.9 Å². The molecule has 0 spiro atoms. The second-order valence-electron chi connectivity index (χ2n) is 6.81. The van der Waals surface area contributed by atoms with Crippen LogP contribution in [-0.4, -0.2) is 33.3 Å². The van der Waals surface area contributed by atoms with E-state index in [1.54, 1.807) is 0 Å². The molecule has 2 aromatic rings. The zero-order chi connectivity index (χ0) is 19.3. The number of carbonyl (C=O) groups is 2. The van der Waals surface area contributed by atoms with E-state index in [2.05, 4.69) is 10.4 Å². The molecule has 0 saturated heterocycles. The first-order chi connectivity index (χ1) is 12.3. The second-order valence-corrected chi connectivity index (χ2v) is 6.81. The predicted octanol–water partition coefficient (Wildman–Crippen LogP) is 2.34. The van der Waals surface area contributed by atoms with Crippen LogP contribution in [0, 0.1) is 26.7 Å². The first-order valence-corrected chi connectivity index (χ1v) is 8.82. The summed E-state index contributed by atoms with van der Waals surface area (Å²) in [5.74, 6) is -1.67. The average Bonchev–Trinajstić information content (AvgIpc) is 2.81. The maximum Gasteiger partial charge on any atom is 0.308 e. The van der Waals surface area contributed by atoms with Crippen molar-refractivity contribution in [1.82, 2.24) is 15.1 Å². The van der Waals surface area contributed by atoms with Gasteiger partial charge in [0.15, 0.2) is 0 Å². The van der Waals surface area contributed by atoms with Crippen molar-refractivity contribution in [2.45, 2.75) is 40.0 Å². The third kappa shape index (κ3) is 5.18. The second kappa shape index (κ2) is 8.65. The fourth-order valence-electron chi connectivity index (χ4n) is 3.11. The van der Waals surface area contributed by atoms with E-state index in [4.69, 9.17) is 0 Å². The minimum atomic E-state index is -0.897. The number of nitrogens with zero attached hydrogens (tertiary/aromatic N) is 2. The van der Waals surface area contributed by atoms with E-state index in [0.29, 0.717) is 19.3 Å². The lowest BCUT2D eigenvalue weighted by Gasteiger charge is -2.14. The average molecular weight is 357 g/mol. The number of benzene rings is 1. The van der Waals surface area contributed by atoms with Gasteiger partial charge in [-0.3, -0.25) is 14.3 Å². The van der Waals surface area contributed by atoms with E-state index in [1.165, 1.54) is 0 Å². The first kappa shape index (κ1) is 19.7. The molecule has 0 radical (unpaired) electrons. The summed E-state index contributed by atoms with van der Waals surface area (Å²) in [4.78, 5) is 23.7. The minimum Gasteiger partial charge on any atom is -0.481 e. The van der Waals surface area contributed by atoms with Crippen molar-refractivity contribution in [2.24, 2.45) is 13.0 Å². The highest BCUT2D eigenvalue weighted by Crippen LogP contribution is 2.14. The van der Waals surface area contributed by atoms with Gasteiger partial charge in [-0.1, -0.05) is 29.8 Å². The van der Waals surface area contributed by atoms with Crippen molar-refractivity contribution in [3.05, 3.63) is 52.3 Å². The summed E-state index contributed by atoms with van der Waals surface area (Å²) >= 11 is 0. The van der Waals surface area contributed by atoms with Gasteiger partial charge < -0.3 is 10.4 Å². The molecule has 0 bridgehead atoms. The smallest absolute Gasteiger partial charge is 0.308 e. The number of nitrogens with one attached hydrogen (secondary N) is 1. The standard InChI is InChI=1S/C20H27N3O3/c1-13-6-5-7-16(10-13)11-17(20(25)26)12-21-19(24)9-8-18-14(2)22-23(4)15(18)3/h5-7,10,17H,8-9,11-12H2,1-4H3,(H,21,24)(H,25,26). The summed E-state index contributed by atoms with van der Waals surface area (Å²) in [5.41, 5.74) is 5.13. The molecular formula is C20H27N3O3. The summed E-state index contributed by atoms with van der Waals surface area (Å²) in [5, 5.41) is 16.6. The first-order valence-electron chi connectivity index (χ1n) is 8.82. The number of hydrogen-bond acceptors (Lipinski definition) is 3. The van der Waals surface area contributed by atoms with E-state index < -0.39 is 11.9 Å². The predicted molar refractivity (Wildman–Crippen MR) is 100 cm³/mol. The quantitative estimate of drug-likeness (QED) is 0.759. The number of carboxylic acid groups (broad SMARTS) is 1. The number of rotatable bonds is 8. The van der Waals surface area contributed by atoms with Crippen LogP contribution in [0.15, 0.2) is 24.3 Å². The SMILES string of the molecule is Cc1cccc(CC(CNC(=O)CCc2c(C)nn(C)c2C)C(=O)O)c1. The molecule has 0 aliphatic heterocycles. The van der Waals surface area contributed by atoms with Crippen molar-refractivity contribution < 1.29 is 14.7 Å². The summed E-state index contributed by atoms with van der Waals surface area (Å²) < 4.78 is 1.81. The van der Waals surface area contributed by atoms with Crippen LogP contribution in [0.4, 0.5) is 0 Å². The number of aryl methyl sites for hydroxylation is 3. The fraction of sp³-hybridized carbons (Fsp3) is 0.450. The molecule has 0 fully saturated rings. The number of carbonyl (C=O) groups excluding carboxylic acids is 1. The Hall–Kier alpha value is -2.63. The molecule has 0 aliphatic rings. The van der Waals surface area contributed by atoms with Gasteiger partial charge in [-0.15, -0.1) is 0 Å². The number of aliphatic carboxylic acids is 1. The number of carboxylic acids is 1. The number of amides is 1. The molecule has 2 N–H and O–H groups in total. The van der Waals surface area contributed by atoms with Crippen LogP contribution in [0.25, 0.3) is 0 Å². The zero-order valence-corrected chi connectivity index (χ0v) is 15.9. The lowest BCUT2D eigenvalue weighted by atomic mass is 9.98. The van der Waals surface area contributed by atoms with Gasteiger partial charge in [-0.05, 0) is 44.7 Å². The minimum absolute atomic E-state index is 0.132. The molecule has 1 amide bonds. The van der Waals surface area contributed by atoms with Crippen LogP contribution < -0.4 is 5.32 Å². The van der Waals surface area contributed by atoms with Crippen molar-refractivity contribution in [3.8, 4) is 0 Å². The molecule has 6 heteroatoms. The number of aromatic nitrogens is 2. The Morgan fingerprint density at radius 1 is 1.27 bits per heavy atom. The monoisotopic (exact) mass is 357 g/mol. The summed E-state index contributed by atoms with van der Waals surface area (Å²) in [6.07, 6.45) is 1.33. The van der Waals surface area contributed by atoms with E-state index in [9.17, 15) is 14.7 Å². The molecule has 1 aromatic carbocycles. The normalized spacial score (nSPS) is 12.0. The van der Waals surface area contributed by atoms with Crippen molar-refractivity contribution in [1.29, 1.82) is 0 Å². The topological polar surface area (TPSA) is 84.2 Å². The lowest BCUT2D eigenvalue weighted by Crippen LogP contribution is -2.34. The van der Waals surface area contributed by atoms with Crippen LogP contribution in [0.1, 0.15) is 34.5 Å². The highest BCUT2D eigenvalue weighted by Gasteiger charge is 2.19. The Morgan fingerprint density at radius 2 is 2.00 bits per heavy atom. The van der Waals surface area contributed by atoms with Crippen LogP contribution >= 0.6 is 0 Å². The van der Waals surface area contributed by atoms with E-state index in [1.807, 2.05) is 56.8 Å². The maximum atomic E-state index is 12.1. The number of hydrogen-bond donors (Lipinski definition) is 2. The van der Waals surface area contributed by atoms with Gasteiger partial charge in [0.25, 0.3) is 0 Å². The van der Waals surface area contributed by atoms with E-state index in [-0.39, 0.29) is 12.5 Å². The zero-order valence-electron chi connectivity index (χ0n) is 15.9. The van der Waals surface area contributed by atoms with Crippen molar-refractivity contribution in [2.75, 3.05) is 6.54 Å². The van der Waals surface area contributed by atoms with Gasteiger partial charge in [0.05, 0.1) is 11.6 Å². The molecule has 140 valence electrons. The van der Waals surface area contributed by atoms with Gasteiger partial charge in [-0.25, -0.2) is 0 Å². The highest BCUT2D eigenvalue weighted by molar-refractivity contribution is 5.77. The summed E-state index contributed by atoms with van der Waals surface area (Å²) in [7, 11) is 1.88. The van der Waals surface area contributed by atoms with Crippen molar-refractivity contribution in [3.63, 3.8) is 0 Å². The van der Waals surface area contributed by atoms with Crippen LogP contribution in [0.5, 0.6) is 0 Å². The van der Waals surface area contributed by atoms with Crippen LogP contribution in [0.3, 0.4) is 0 Å². The van der Waals surface area contributed by atoms with Crippen LogP contribution in [0.2, 0.25) is 0 Å². The van der Waals surface area contributed by atoms with Gasteiger partial charge in [0.1, 0.15) is 0 Å². The molecule has 1 atom stereocenters. The third-order valence-corrected chi connectivity index (χ3v) is 4.72. The molecular weight excluding hydrogens is 330 g/mol. The van der Waals surface area contributed by atoms with Gasteiger partial charge in [-0.2, -0.15) is 5.10 Å². The summed E-state index contributed by atoms with van der Waals surface area (Å²) in [6, 6.07) is 7.79. The molecule has 0 saturated carbocycles. The fourth-order valence-corrected chi connectivity index (χ4v) is 3.11. The van der Waals surface area contributed by atoms with E-state index in [0.717, 1.165) is 28.1 Å². The molecule has 26 heavy (non-hydrogen) atoms. The Morgan fingerprint density at radius 3 is 2.58 bits per heavy atom. The van der Waals surface area contributed by atoms with Gasteiger partial charge >= 0.3 is 5.97 Å².